The third kappa shape index (κ3) is 3.83. The molecule has 0 saturated heterocycles. The van der Waals surface area contributed by atoms with Crippen LogP contribution in [0.2, 0.25) is 0 Å². The molecule has 1 aromatic heterocycles. The number of aromatic nitrogens is 2. The van der Waals surface area contributed by atoms with Crippen molar-refractivity contribution in [3.05, 3.63) is 36.3 Å². The molecule has 4 nitrogen and oxygen atoms in total. The number of rotatable bonds is 6. The molecule has 0 amide bonds. The third-order valence-electron chi connectivity index (χ3n) is 2.94. The maximum absolute atomic E-state index is 5.75. The minimum Gasteiger partial charge on any atom is -0.494 e. The van der Waals surface area contributed by atoms with Crippen molar-refractivity contribution >= 4 is 0 Å². The average Bonchev–Trinajstić information content (AvgIpc) is 2.86. The summed E-state index contributed by atoms with van der Waals surface area (Å²) in [5.41, 5.74) is 7.89. The lowest BCUT2D eigenvalue weighted by Crippen LogP contribution is -2.15. The molecule has 1 atom stereocenters. The summed E-state index contributed by atoms with van der Waals surface area (Å²) >= 11 is 0. The zero-order valence-corrected chi connectivity index (χ0v) is 11.5. The van der Waals surface area contributed by atoms with E-state index in [-0.39, 0.29) is 6.04 Å². The van der Waals surface area contributed by atoms with E-state index in [4.69, 9.17) is 10.5 Å². The molecule has 0 aliphatic carbocycles. The molecule has 1 heterocycles. The summed E-state index contributed by atoms with van der Waals surface area (Å²) in [5, 5.41) is 0. The first-order valence-electron chi connectivity index (χ1n) is 6.71. The van der Waals surface area contributed by atoms with Crippen molar-refractivity contribution in [3.63, 3.8) is 0 Å². The molecular formula is C15H21N3O. The number of nitrogens with one attached hydrogen (secondary N) is 1. The van der Waals surface area contributed by atoms with Crippen LogP contribution in [0.1, 0.15) is 26.1 Å². The number of hydrogen-bond donors (Lipinski definition) is 2. The molecule has 0 aliphatic rings. The summed E-state index contributed by atoms with van der Waals surface area (Å²) in [4.78, 5) is 7.71. The standard InChI is InChI=1S/C15H21N3O/c1-3-19-13-7-5-12(6-8-13)14-10-17-15(18-14)9-4-11(2)16/h5-8,10-11H,3-4,9,16H2,1-2H3,(H,17,18). The summed E-state index contributed by atoms with van der Waals surface area (Å²) in [6.07, 6.45) is 3.69. The number of nitrogens with two attached hydrogens (primary N) is 1. The molecular weight excluding hydrogens is 238 g/mol. The smallest absolute Gasteiger partial charge is 0.119 e. The van der Waals surface area contributed by atoms with E-state index >= 15 is 0 Å². The summed E-state index contributed by atoms with van der Waals surface area (Å²) < 4.78 is 5.43. The van der Waals surface area contributed by atoms with Gasteiger partial charge >= 0.3 is 0 Å². The van der Waals surface area contributed by atoms with Crippen LogP contribution in [-0.2, 0) is 6.42 Å². The van der Waals surface area contributed by atoms with Crippen LogP contribution in [0.25, 0.3) is 11.3 Å². The van der Waals surface area contributed by atoms with Gasteiger partial charge in [0.05, 0.1) is 18.5 Å². The fraction of sp³-hybridized carbons (Fsp3) is 0.400. The maximum Gasteiger partial charge on any atom is 0.119 e. The van der Waals surface area contributed by atoms with Gasteiger partial charge in [-0.1, -0.05) is 0 Å². The van der Waals surface area contributed by atoms with E-state index in [1.807, 2.05) is 44.3 Å². The molecule has 1 unspecified atom stereocenters. The topological polar surface area (TPSA) is 63.9 Å². The highest BCUT2D eigenvalue weighted by Gasteiger charge is 2.04. The lowest BCUT2D eigenvalue weighted by atomic mass is 10.1. The van der Waals surface area contributed by atoms with Crippen LogP contribution in [0.5, 0.6) is 5.75 Å². The van der Waals surface area contributed by atoms with Gasteiger partial charge in [-0.25, -0.2) is 4.98 Å². The second-order valence-electron chi connectivity index (χ2n) is 4.72. The van der Waals surface area contributed by atoms with Gasteiger partial charge in [-0.2, -0.15) is 0 Å². The normalized spacial score (nSPS) is 12.4. The summed E-state index contributed by atoms with van der Waals surface area (Å²) in [6.45, 7) is 4.68. The van der Waals surface area contributed by atoms with Crippen LogP contribution < -0.4 is 10.5 Å². The molecule has 2 aromatic rings. The van der Waals surface area contributed by atoms with E-state index in [0.29, 0.717) is 6.61 Å². The molecule has 0 bridgehead atoms. The van der Waals surface area contributed by atoms with Crippen molar-refractivity contribution < 1.29 is 4.74 Å². The number of H-pyrrole nitrogens is 1. The lowest BCUT2D eigenvalue weighted by molar-refractivity contribution is 0.340. The highest BCUT2D eigenvalue weighted by molar-refractivity contribution is 5.59. The van der Waals surface area contributed by atoms with Crippen LogP contribution in [0.4, 0.5) is 0 Å². The Kier molecular flexibility index (Phi) is 4.58. The monoisotopic (exact) mass is 259 g/mol. The van der Waals surface area contributed by atoms with Crippen molar-refractivity contribution in [1.82, 2.24) is 9.97 Å². The molecule has 0 radical (unpaired) electrons. The Bertz CT molecular complexity index is 502. The van der Waals surface area contributed by atoms with E-state index in [0.717, 1.165) is 35.7 Å². The Labute approximate surface area is 114 Å². The lowest BCUT2D eigenvalue weighted by Gasteiger charge is -2.04. The van der Waals surface area contributed by atoms with Gasteiger partial charge in [0.2, 0.25) is 0 Å². The highest BCUT2D eigenvalue weighted by atomic mass is 16.5. The van der Waals surface area contributed by atoms with Crippen LogP contribution in [0.3, 0.4) is 0 Å². The third-order valence-corrected chi connectivity index (χ3v) is 2.94. The molecule has 3 N–H and O–H groups in total. The summed E-state index contributed by atoms with van der Waals surface area (Å²) in [5.74, 6) is 1.88. The molecule has 19 heavy (non-hydrogen) atoms. The number of aryl methyl sites for hydroxylation is 1. The van der Waals surface area contributed by atoms with Crippen molar-refractivity contribution in [2.45, 2.75) is 32.7 Å². The zero-order valence-electron chi connectivity index (χ0n) is 11.5. The van der Waals surface area contributed by atoms with Gasteiger partial charge in [-0.15, -0.1) is 0 Å². The summed E-state index contributed by atoms with van der Waals surface area (Å²) in [7, 11) is 0. The highest BCUT2D eigenvalue weighted by Crippen LogP contribution is 2.21. The van der Waals surface area contributed by atoms with E-state index < -0.39 is 0 Å². The van der Waals surface area contributed by atoms with Crippen molar-refractivity contribution in [1.29, 1.82) is 0 Å². The number of imidazole rings is 1. The Morgan fingerprint density at radius 2 is 2.05 bits per heavy atom. The Morgan fingerprint density at radius 1 is 1.32 bits per heavy atom. The largest absolute Gasteiger partial charge is 0.494 e. The fourth-order valence-electron chi connectivity index (χ4n) is 1.90. The Hall–Kier alpha value is -1.81. The van der Waals surface area contributed by atoms with Gasteiger partial charge in [0.1, 0.15) is 11.6 Å². The predicted molar refractivity (Wildman–Crippen MR) is 77.2 cm³/mol. The molecule has 1 aromatic carbocycles. The van der Waals surface area contributed by atoms with E-state index in [9.17, 15) is 0 Å². The number of hydrogen-bond acceptors (Lipinski definition) is 3. The van der Waals surface area contributed by atoms with E-state index in [1.165, 1.54) is 0 Å². The van der Waals surface area contributed by atoms with Crippen LogP contribution in [-0.4, -0.2) is 22.6 Å². The van der Waals surface area contributed by atoms with Gasteiger partial charge in [-0.3, -0.25) is 0 Å². The van der Waals surface area contributed by atoms with Crippen LogP contribution in [0.15, 0.2) is 30.5 Å². The van der Waals surface area contributed by atoms with Gasteiger partial charge in [0.15, 0.2) is 0 Å². The summed E-state index contributed by atoms with van der Waals surface area (Å²) in [6, 6.07) is 8.23. The molecule has 0 fully saturated rings. The number of aromatic amines is 1. The van der Waals surface area contributed by atoms with Gasteiger partial charge < -0.3 is 15.5 Å². The van der Waals surface area contributed by atoms with E-state index in [1.54, 1.807) is 0 Å². The van der Waals surface area contributed by atoms with Gasteiger partial charge in [0, 0.05) is 12.5 Å². The van der Waals surface area contributed by atoms with E-state index in [2.05, 4.69) is 9.97 Å². The Morgan fingerprint density at radius 3 is 2.68 bits per heavy atom. The van der Waals surface area contributed by atoms with Crippen LogP contribution >= 0.6 is 0 Å². The van der Waals surface area contributed by atoms with Crippen molar-refractivity contribution in [2.24, 2.45) is 5.73 Å². The first kappa shape index (κ1) is 13.6. The van der Waals surface area contributed by atoms with Crippen LogP contribution in [0, 0.1) is 0 Å². The fourth-order valence-corrected chi connectivity index (χ4v) is 1.90. The first-order chi connectivity index (χ1) is 9.19. The molecule has 0 aliphatic heterocycles. The average molecular weight is 259 g/mol. The molecule has 4 heteroatoms. The molecule has 0 spiro atoms. The minimum atomic E-state index is 0.207. The zero-order chi connectivity index (χ0) is 13.7. The molecule has 102 valence electrons. The minimum absolute atomic E-state index is 0.207. The Balaban J connectivity index is 2.05. The first-order valence-corrected chi connectivity index (χ1v) is 6.71. The second-order valence-corrected chi connectivity index (χ2v) is 4.72. The van der Waals surface area contributed by atoms with Crippen molar-refractivity contribution in [2.75, 3.05) is 6.61 Å². The number of ether oxygens (including phenoxy) is 1. The molecule has 2 rings (SSSR count). The van der Waals surface area contributed by atoms with Gasteiger partial charge in [-0.05, 0) is 50.1 Å². The number of benzene rings is 1. The predicted octanol–water partition coefficient (Wildman–Crippen LogP) is 2.76. The number of nitrogens with zero attached hydrogens (tertiary/aromatic N) is 1. The second kappa shape index (κ2) is 6.38. The quantitative estimate of drug-likeness (QED) is 0.838. The van der Waals surface area contributed by atoms with Crippen molar-refractivity contribution in [3.8, 4) is 17.0 Å². The SMILES string of the molecule is CCOc1ccc(-c2cnc(CCC(C)N)[nH]2)cc1. The van der Waals surface area contributed by atoms with Gasteiger partial charge in [0.25, 0.3) is 0 Å². The maximum atomic E-state index is 5.75. The molecule has 0 saturated carbocycles.